The lowest BCUT2D eigenvalue weighted by Crippen LogP contribution is -2.20. The molecule has 0 saturated carbocycles. The van der Waals surface area contributed by atoms with Crippen LogP contribution >= 0.6 is 0 Å². The van der Waals surface area contributed by atoms with Gasteiger partial charge in [-0.2, -0.15) is 0 Å². The summed E-state index contributed by atoms with van der Waals surface area (Å²) in [4.78, 5) is 0. The summed E-state index contributed by atoms with van der Waals surface area (Å²) in [5.41, 5.74) is 3.31. The van der Waals surface area contributed by atoms with Crippen LogP contribution in [0, 0.1) is 12.7 Å². The molecule has 2 rings (SSSR count). The number of methoxy groups -OCH3 is 1. The van der Waals surface area contributed by atoms with E-state index in [9.17, 15) is 4.39 Å². The average Bonchev–Trinajstić information content (AvgIpc) is 2.86. The van der Waals surface area contributed by atoms with Crippen molar-refractivity contribution in [1.82, 2.24) is 9.88 Å². The maximum Gasteiger partial charge on any atom is 0.123 e. The maximum absolute atomic E-state index is 13.3. The number of benzene rings is 1. The Kier molecular flexibility index (Phi) is 5.32. The molecule has 0 spiro atoms. The van der Waals surface area contributed by atoms with Crippen LogP contribution in [0.15, 0.2) is 36.5 Å². The quantitative estimate of drug-likeness (QED) is 0.787. The largest absolute Gasteiger partial charge is 0.383 e. The SMILES string of the molecule is COCCNCc1cccn1Cc1cc(F)ccc1C. The summed E-state index contributed by atoms with van der Waals surface area (Å²) in [6.07, 6.45) is 2.03. The van der Waals surface area contributed by atoms with Crippen molar-refractivity contribution in [3.8, 4) is 0 Å². The van der Waals surface area contributed by atoms with E-state index in [1.807, 2.05) is 25.3 Å². The molecule has 20 heavy (non-hydrogen) atoms. The Hall–Kier alpha value is -1.65. The molecule has 1 aromatic carbocycles. The molecule has 3 nitrogen and oxygen atoms in total. The fourth-order valence-corrected chi connectivity index (χ4v) is 2.15. The van der Waals surface area contributed by atoms with Gasteiger partial charge in [0, 0.05) is 38.6 Å². The molecule has 4 heteroatoms. The van der Waals surface area contributed by atoms with Gasteiger partial charge in [0.15, 0.2) is 0 Å². The highest BCUT2D eigenvalue weighted by Crippen LogP contribution is 2.14. The molecule has 0 aliphatic heterocycles. The molecule has 0 atom stereocenters. The zero-order chi connectivity index (χ0) is 14.4. The molecule has 0 radical (unpaired) electrons. The van der Waals surface area contributed by atoms with Crippen LogP contribution in [0.5, 0.6) is 0 Å². The van der Waals surface area contributed by atoms with Crippen molar-refractivity contribution < 1.29 is 9.13 Å². The fraction of sp³-hybridized carbons (Fsp3) is 0.375. The normalized spacial score (nSPS) is 10.9. The average molecular weight is 276 g/mol. The van der Waals surface area contributed by atoms with E-state index in [1.165, 1.54) is 11.8 Å². The van der Waals surface area contributed by atoms with E-state index in [-0.39, 0.29) is 5.82 Å². The van der Waals surface area contributed by atoms with E-state index in [1.54, 1.807) is 13.2 Å². The van der Waals surface area contributed by atoms with Gasteiger partial charge in [-0.15, -0.1) is 0 Å². The number of rotatable bonds is 7. The number of nitrogens with one attached hydrogen (secondary N) is 1. The Bertz CT molecular complexity index is 551. The van der Waals surface area contributed by atoms with E-state index in [2.05, 4.69) is 16.0 Å². The van der Waals surface area contributed by atoms with Crippen molar-refractivity contribution >= 4 is 0 Å². The first-order valence-electron chi connectivity index (χ1n) is 6.79. The lowest BCUT2D eigenvalue weighted by atomic mass is 10.1. The molecule has 108 valence electrons. The van der Waals surface area contributed by atoms with Crippen molar-refractivity contribution in [3.63, 3.8) is 0 Å². The predicted octanol–water partition coefficient (Wildman–Crippen LogP) is 2.72. The van der Waals surface area contributed by atoms with Crippen LogP contribution in [0.3, 0.4) is 0 Å². The van der Waals surface area contributed by atoms with E-state index < -0.39 is 0 Å². The van der Waals surface area contributed by atoms with Crippen LogP contribution in [0.25, 0.3) is 0 Å². The Morgan fingerprint density at radius 1 is 1.30 bits per heavy atom. The van der Waals surface area contributed by atoms with Crippen LogP contribution in [0.2, 0.25) is 0 Å². The molecule has 1 aromatic heterocycles. The van der Waals surface area contributed by atoms with Crippen molar-refractivity contribution in [2.75, 3.05) is 20.3 Å². The summed E-state index contributed by atoms with van der Waals surface area (Å²) in [7, 11) is 1.69. The van der Waals surface area contributed by atoms with E-state index in [4.69, 9.17) is 4.74 Å². The van der Waals surface area contributed by atoms with Crippen LogP contribution < -0.4 is 5.32 Å². The molecule has 0 fully saturated rings. The first-order valence-corrected chi connectivity index (χ1v) is 6.79. The van der Waals surface area contributed by atoms with E-state index in [0.717, 1.165) is 24.2 Å². The number of ether oxygens (including phenoxy) is 1. The number of halogens is 1. The Balaban J connectivity index is 2.02. The summed E-state index contributed by atoms with van der Waals surface area (Å²) in [6.45, 7) is 5.00. The highest BCUT2D eigenvalue weighted by Gasteiger charge is 2.05. The molecule has 0 aliphatic carbocycles. The molecular formula is C16H21FN2O. The topological polar surface area (TPSA) is 26.2 Å². The molecule has 1 heterocycles. The smallest absolute Gasteiger partial charge is 0.123 e. The van der Waals surface area contributed by atoms with Gasteiger partial charge >= 0.3 is 0 Å². The molecule has 0 saturated heterocycles. The van der Waals surface area contributed by atoms with Crippen LogP contribution in [-0.2, 0) is 17.8 Å². The van der Waals surface area contributed by atoms with Gasteiger partial charge in [-0.3, -0.25) is 0 Å². The van der Waals surface area contributed by atoms with Crippen LogP contribution in [0.1, 0.15) is 16.8 Å². The first kappa shape index (κ1) is 14.8. The van der Waals surface area contributed by atoms with Gasteiger partial charge in [-0.25, -0.2) is 4.39 Å². The minimum absolute atomic E-state index is 0.183. The highest BCUT2D eigenvalue weighted by atomic mass is 19.1. The molecule has 1 N–H and O–H groups in total. The van der Waals surface area contributed by atoms with Gasteiger partial charge in [0.1, 0.15) is 5.82 Å². The summed E-state index contributed by atoms with van der Waals surface area (Å²) in [5.74, 6) is -0.183. The van der Waals surface area contributed by atoms with Crippen molar-refractivity contribution in [1.29, 1.82) is 0 Å². The third kappa shape index (κ3) is 3.92. The molecule has 0 aliphatic rings. The Labute approximate surface area is 119 Å². The second kappa shape index (κ2) is 7.22. The van der Waals surface area contributed by atoms with Gasteiger partial charge in [0.2, 0.25) is 0 Å². The monoisotopic (exact) mass is 276 g/mol. The fourth-order valence-electron chi connectivity index (χ4n) is 2.15. The minimum atomic E-state index is -0.183. The summed E-state index contributed by atoms with van der Waals surface area (Å²) >= 11 is 0. The summed E-state index contributed by atoms with van der Waals surface area (Å²) in [6, 6.07) is 9.03. The van der Waals surface area contributed by atoms with Crippen LogP contribution in [0.4, 0.5) is 4.39 Å². The molecule has 2 aromatic rings. The lowest BCUT2D eigenvalue weighted by molar-refractivity contribution is 0.199. The number of hydrogen-bond donors (Lipinski definition) is 1. The Morgan fingerprint density at radius 2 is 2.15 bits per heavy atom. The Morgan fingerprint density at radius 3 is 2.95 bits per heavy atom. The zero-order valence-corrected chi connectivity index (χ0v) is 12.0. The zero-order valence-electron chi connectivity index (χ0n) is 12.0. The van der Waals surface area contributed by atoms with Crippen LogP contribution in [-0.4, -0.2) is 24.8 Å². The van der Waals surface area contributed by atoms with E-state index in [0.29, 0.717) is 13.2 Å². The molecule has 0 amide bonds. The van der Waals surface area contributed by atoms with E-state index >= 15 is 0 Å². The third-order valence-electron chi connectivity index (χ3n) is 3.36. The predicted molar refractivity (Wildman–Crippen MR) is 78.3 cm³/mol. The van der Waals surface area contributed by atoms with Gasteiger partial charge < -0.3 is 14.6 Å². The summed E-state index contributed by atoms with van der Waals surface area (Å²) < 4.78 is 20.5. The lowest BCUT2D eigenvalue weighted by Gasteiger charge is -2.12. The third-order valence-corrected chi connectivity index (χ3v) is 3.36. The molecular weight excluding hydrogens is 255 g/mol. The van der Waals surface area contributed by atoms with Crippen molar-refractivity contribution in [3.05, 3.63) is 59.2 Å². The second-order valence-electron chi connectivity index (χ2n) is 4.87. The van der Waals surface area contributed by atoms with Gasteiger partial charge in [-0.05, 0) is 42.3 Å². The molecule has 0 unspecified atom stereocenters. The maximum atomic E-state index is 13.3. The van der Waals surface area contributed by atoms with Crippen molar-refractivity contribution in [2.45, 2.75) is 20.0 Å². The first-order chi connectivity index (χ1) is 9.70. The number of nitrogens with zero attached hydrogens (tertiary/aromatic N) is 1. The number of hydrogen-bond acceptors (Lipinski definition) is 2. The van der Waals surface area contributed by atoms with Gasteiger partial charge in [-0.1, -0.05) is 6.07 Å². The second-order valence-corrected chi connectivity index (χ2v) is 4.87. The minimum Gasteiger partial charge on any atom is -0.383 e. The van der Waals surface area contributed by atoms with Crippen molar-refractivity contribution in [2.24, 2.45) is 0 Å². The number of aryl methyl sites for hydroxylation is 1. The number of aromatic nitrogens is 1. The standard InChI is InChI=1S/C16H21FN2O/c1-13-5-6-15(17)10-14(13)12-19-8-3-4-16(19)11-18-7-9-20-2/h3-6,8,10,18H,7,9,11-12H2,1-2H3. The van der Waals surface area contributed by atoms with Gasteiger partial charge in [0.25, 0.3) is 0 Å². The molecule has 0 bridgehead atoms. The summed E-state index contributed by atoms with van der Waals surface area (Å²) in [5, 5.41) is 3.32. The van der Waals surface area contributed by atoms with Gasteiger partial charge in [0.05, 0.1) is 6.61 Å². The highest BCUT2D eigenvalue weighted by molar-refractivity contribution is 5.27.